The van der Waals surface area contributed by atoms with Gasteiger partial charge in [0, 0.05) is 37.1 Å². The van der Waals surface area contributed by atoms with Crippen LogP contribution < -0.4 is 16.2 Å². The van der Waals surface area contributed by atoms with E-state index in [4.69, 9.17) is 16.3 Å². The van der Waals surface area contributed by atoms with Crippen LogP contribution in [0.15, 0.2) is 24.5 Å². The quantitative estimate of drug-likeness (QED) is 0.373. The fourth-order valence-electron chi connectivity index (χ4n) is 3.88. The summed E-state index contributed by atoms with van der Waals surface area (Å²) in [6.45, 7) is 2.95. The lowest BCUT2D eigenvalue weighted by molar-refractivity contribution is -0.141. The van der Waals surface area contributed by atoms with Crippen LogP contribution >= 0.6 is 11.6 Å². The second kappa shape index (κ2) is 11.1. The molecule has 5 amide bonds. The van der Waals surface area contributed by atoms with Gasteiger partial charge in [0.25, 0.3) is 0 Å². The van der Waals surface area contributed by atoms with Gasteiger partial charge in [-0.1, -0.05) is 11.6 Å². The molecule has 14 nitrogen and oxygen atoms in total. The third-order valence-electron chi connectivity index (χ3n) is 5.75. The molecule has 4 rings (SSSR count). The number of nitrogens with one attached hydrogen (secondary N) is 3. The Morgan fingerprint density at radius 2 is 1.71 bits per heavy atom. The molecule has 2 aromatic rings. The number of ether oxygens (including phenoxy) is 1. The first-order valence-electron chi connectivity index (χ1n) is 11.0. The van der Waals surface area contributed by atoms with Crippen molar-refractivity contribution in [3.05, 3.63) is 29.5 Å². The lowest BCUT2D eigenvalue weighted by Gasteiger charge is -2.35. The van der Waals surface area contributed by atoms with Crippen LogP contribution in [0.25, 0.3) is 5.69 Å². The molecular formula is C20H24ClN9O5. The second-order valence-electron chi connectivity index (χ2n) is 7.95. The molecular weight excluding hydrogens is 482 g/mol. The van der Waals surface area contributed by atoms with Crippen LogP contribution in [0.3, 0.4) is 0 Å². The van der Waals surface area contributed by atoms with Crippen molar-refractivity contribution in [2.45, 2.75) is 12.8 Å². The Kier molecular flexibility index (Phi) is 7.72. The number of halogens is 1. The summed E-state index contributed by atoms with van der Waals surface area (Å²) < 4.78 is 6.57. The van der Waals surface area contributed by atoms with Crippen molar-refractivity contribution in [2.75, 3.05) is 44.7 Å². The standard InChI is InChI=1S/C20H24ClN9O5/c21-14-1-2-16(30-12-22-26-27-30)15(11-14)23-17(31)18(32)24-25-20(34)29-5-3-13(4-6-29)19(33)28-7-9-35-10-8-28/h1-2,11-13H,3-10H2,(H,23,31)(H,24,32)(H,25,34). The van der Waals surface area contributed by atoms with Crippen molar-refractivity contribution in [1.29, 1.82) is 0 Å². The second-order valence-corrected chi connectivity index (χ2v) is 8.39. The smallest absolute Gasteiger partial charge is 0.336 e. The number of amides is 5. The average Bonchev–Trinajstić information content (AvgIpc) is 3.42. The molecule has 0 unspecified atom stereocenters. The molecule has 0 aliphatic carbocycles. The van der Waals surface area contributed by atoms with E-state index in [1.54, 1.807) is 17.0 Å². The molecule has 1 aromatic heterocycles. The molecule has 0 radical (unpaired) electrons. The number of hydrogen-bond donors (Lipinski definition) is 3. The minimum absolute atomic E-state index is 0.0837. The Morgan fingerprint density at radius 3 is 2.40 bits per heavy atom. The van der Waals surface area contributed by atoms with Crippen LogP contribution in [0.1, 0.15) is 12.8 Å². The number of rotatable bonds is 3. The summed E-state index contributed by atoms with van der Waals surface area (Å²) in [5, 5.41) is 13.6. The van der Waals surface area contributed by atoms with Crippen LogP contribution in [0.4, 0.5) is 10.5 Å². The average molecular weight is 506 g/mol. The molecule has 35 heavy (non-hydrogen) atoms. The van der Waals surface area contributed by atoms with Gasteiger partial charge in [0.2, 0.25) is 5.91 Å². The number of anilines is 1. The van der Waals surface area contributed by atoms with Crippen LogP contribution in [0.5, 0.6) is 0 Å². The van der Waals surface area contributed by atoms with E-state index in [0.29, 0.717) is 62.9 Å². The predicted molar refractivity (Wildman–Crippen MR) is 121 cm³/mol. The molecule has 186 valence electrons. The maximum absolute atomic E-state index is 12.6. The molecule has 2 aliphatic heterocycles. The van der Waals surface area contributed by atoms with Crippen LogP contribution in [0.2, 0.25) is 5.02 Å². The van der Waals surface area contributed by atoms with E-state index in [-0.39, 0.29) is 17.5 Å². The maximum Gasteiger partial charge on any atom is 0.336 e. The minimum atomic E-state index is -1.08. The number of piperidine rings is 1. The Hall–Kier alpha value is -3.78. The topological polar surface area (TPSA) is 164 Å². The van der Waals surface area contributed by atoms with E-state index in [1.165, 1.54) is 22.0 Å². The fraction of sp³-hybridized carbons (Fsp3) is 0.450. The molecule has 3 N–H and O–H groups in total. The predicted octanol–water partition coefficient (Wildman–Crippen LogP) is -0.434. The summed E-state index contributed by atoms with van der Waals surface area (Å²) in [6, 6.07) is 4.01. The number of likely N-dealkylation sites (tertiary alicyclic amines) is 1. The minimum Gasteiger partial charge on any atom is -0.378 e. The number of urea groups is 1. The molecule has 1 aromatic carbocycles. The number of aromatic nitrogens is 4. The number of nitrogens with zero attached hydrogens (tertiary/aromatic N) is 6. The van der Waals surface area contributed by atoms with Crippen molar-refractivity contribution >= 4 is 41.0 Å². The number of benzene rings is 1. The van der Waals surface area contributed by atoms with E-state index in [9.17, 15) is 19.2 Å². The fourth-order valence-corrected chi connectivity index (χ4v) is 4.05. The van der Waals surface area contributed by atoms with Crippen molar-refractivity contribution in [1.82, 2.24) is 40.9 Å². The molecule has 2 aliphatic rings. The van der Waals surface area contributed by atoms with Gasteiger partial charge in [-0.15, -0.1) is 5.10 Å². The molecule has 0 atom stereocenters. The highest BCUT2D eigenvalue weighted by Gasteiger charge is 2.31. The lowest BCUT2D eigenvalue weighted by atomic mass is 9.95. The first-order valence-corrected chi connectivity index (χ1v) is 11.4. The molecule has 0 spiro atoms. The number of hydrogen-bond acceptors (Lipinski definition) is 8. The van der Waals surface area contributed by atoms with Gasteiger partial charge in [0.1, 0.15) is 6.33 Å². The zero-order chi connectivity index (χ0) is 24.8. The van der Waals surface area contributed by atoms with Gasteiger partial charge in [0.15, 0.2) is 0 Å². The maximum atomic E-state index is 12.6. The zero-order valence-corrected chi connectivity index (χ0v) is 19.4. The summed E-state index contributed by atoms with van der Waals surface area (Å²) in [5.41, 5.74) is 4.91. The van der Waals surface area contributed by atoms with Gasteiger partial charge in [-0.3, -0.25) is 19.8 Å². The summed E-state index contributed by atoms with van der Waals surface area (Å²) in [6.07, 6.45) is 2.36. The van der Waals surface area contributed by atoms with Crippen molar-refractivity contribution in [3.8, 4) is 5.69 Å². The SMILES string of the molecule is O=C(NNC(=O)N1CCC(C(=O)N2CCOCC2)CC1)C(=O)Nc1cc(Cl)ccc1-n1cnnn1. The number of hydrazine groups is 1. The molecule has 2 fully saturated rings. The number of carbonyl (C=O) groups is 4. The Bertz CT molecular complexity index is 1080. The Labute approximate surface area is 204 Å². The Morgan fingerprint density at radius 1 is 0.971 bits per heavy atom. The van der Waals surface area contributed by atoms with Gasteiger partial charge < -0.3 is 19.9 Å². The highest BCUT2D eigenvalue weighted by Crippen LogP contribution is 2.24. The van der Waals surface area contributed by atoms with E-state index >= 15 is 0 Å². The summed E-state index contributed by atoms with van der Waals surface area (Å²) in [7, 11) is 0. The first-order chi connectivity index (χ1) is 16.9. The van der Waals surface area contributed by atoms with Gasteiger partial charge in [-0.2, -0.15) is 4.68 Å². The van der Waals surface area contributed by atoms with Crippen molar-refractivity contribution < 1.29 is 23.9 Å². The molecule has 0 bridgehead atoms. The van der Waals surface area contributed by atoms with E-state index in [2.05, 4.69) is 31.7 Å². The van der Waals surface area contributed by atoms with E-state index < -0.39 is 17.8 Å². The van der Waals surface area contributed by atoms with E-state index in [0.717, 1.165) is 0 Å². The van der Waals surface area contributed by atoms with Gasteiger partial charge in [0.05, 0.1) is 24.6 Å². The lowest BCUT2D eigenvalue weighted by Crippen LogP contribution is -2.54. The van der Waals surface area contributed by atoms with Gasteiger partial charge in [-0.25, -0.2) is 10.2 Å². The number of morpholine rings is 1. The Balaban J connectivity index is 1.25. The largest absolute Gasteiger partial charge is 0.378 e. The molecule has 15 heteroatoms. The summed E-state index contributed by atoms with van der Waals surface area (Å²) >= 11 is 6.00. The van der Waals surface area contributed by atoms with E-state index in [1.807, 2.05) is 0 Å². The van der Waals surface area contributed by atoms with Crippen LogP contribution in [-0.2, 0) is 19.1 Å². The summed E-state index contributed by atoms with van der Waals surface area (Å²) in [5.74, 6) is -2.18. The third-order valence-corrected chi connectivity index (χ3v) is 5.98. The molecule has 3 heterocycles. The molecule has 2 saturated heterocycles. The van der Waals surface area contributed by atoms with Gasteiger partial charge in [-0.05, 0) is 41.5 Å². The van der Waals surface area contributed by atoms with Crippen LogP contribution in [0, 0.1) is 5.92 Å². The third kappa shape index (κ3) is 6.02. The zero-order valence-electron chi connectivity index (χ0n) is 18.6. The number of carbonyl (C=O) groups excluding carboxylic acids is 4. The molecule has 0 saturated carbocycles. The summed E-state index contributed by atoms with van der Waals surface area (Å²) in [4.78, 5) is 52.9. The monoisotopic (exact) mass is 505 g/mol. The first kappa shape index (κ1) is 24.3. The highest BCUT2D eigenvalue weighted by molar-refractivity contribution is 6.40. The number of tetrazole rings is 1. The van der Waals surface area contributed by atoms with Crippen molar-refractivity contribution in [2.24, 2.45) is 5.92 Å². The van der Waals surface area contributed by atoms with Crippen molar-refractivity contribution in [3.63, 3.8) is 0 Å². The normalized spacial score (nSPS) is 16.5. The van der Waals surface area contributed by atoms with Crippen LogP contribution in [-0.4, -0.2) is 93.2 Å². The highest BCUT2D eigenvalue weighted by atomic mass is 35.5. The van der Waals surface area contributed by atoms with Gasteiger partial charge >= 0.3 is 17.8 Å².